The van der Waals surface area contributed by atoms with Gasteiger partial charge in [0.1, 0.15) is 6.42 Å². The normalized spacial score (nSPS) is 10.6. The monoisotopic (exact) mass is 486 g/mol. The third kappa shape index (κ3) is 6.60. The molecule has 0 fully saturated rings. The van der Waals surface area contributed by atoms with Crippen molar-refractivity contribution < 1.29 is 9.59 Å². The third-order valence-corrected chi connectivity index (χ3v) is 5.78. The molecule has 0 heterocycles. The van der Waals surface area contributed by atoms with Crippen LogP contribution in [0, 0.1) is 0 Å². The number of benzene rings is 2. The Labute approximate surface area is 186 Å². The van der Waals surface area contributed by atoms with E-state index in [1.165, 1.54) is 0 Å². The van der Waals surface area contributed by atoms with Crippen LogP contribution in [0.1, 0.15) is 17.5 Å². The lowest BCUT2D eigenvalue weighted by atomic mass is 10.2. The lowest BCUT2D eigenvalue weighted by Crippen LogP contribution is -2.31. The van der Waals surface area contributed by atoms with Crippen molar-refractivity contribution in [2.24, 2.45) is 0 Å². The molecule has 0 radical (unpaired) electrons. The highest BCUT2D eigenvalue weighted by molar-refractivity contribution is 6.48. The maximum atomic E-state index is 11.9. The molecule has 0 bridgehead atoms. The number of carbonyl (C=O) groups is 2. The molecule has 2 amide bonds. The van der Waals surface area contributed by atoms with E-state index >= 15 is 0 Å². The van der Waals surface area contributed by atoms with E-state index in [4.69, 9.17) is 69.6 Å². The Hall–Kier alpha value is -0.880. The number of rotatable bonds is 6. The van der Waals surface area contributed by atoms with Crippen LogP contribution in [0.15, 0.2) is 24.3 Å². The van der Waals surface area contributed by atoms with Gasteiger partial charge in [0.15, 0.2) is 0 Å². The third-order valence-electron chi connectivity index (χ3n) is 3.39. The summed E-state index contributed by atoms with van der Waals surface area (Å²) in [6.45, 7) is 0.316. The maximum absolute atomic E-state index is 11.9. The van der Waals surface area contributed by atoms with E-state index in [9.17, 15) is 9.59 Å². The molecule has 144 valence electrons. The number of carbonyl (C=O) groups excluding carboxylic acids is 2. The van der Waals surface area contributed by atoms with Crippen LogP contribution >= 0.6 is 69.6 Å². The zero-order valence-corrected chi connectivity index (χ0v) is 18.1. The van der Waals surface area contributed by atoms with E-state index in [0.717, 1.165) is 0 Å². The quantitative estimate of drug-likeness (QED) is 0.391. The van der Waals surface area contributed by atoms with Gasteiger partial charge in [-0.25, -0.2) is 0 Å². The molecular weight excluding hydrogens is 477 g/mol. The molecular formula is C17H12Cl6N2O2. The molecule has 0 saturated heterocycles. The average molecular weight is 489 g/mol. The summed E-state index contributed by atoms with van der Waals surface area (Å²) in [5.74, 6) is -0.913. The van der Waals surface area contributed by atoms with Crippen molar-refractivity contribution in [3.63, 3.8) is 0 Å². The van der Waals surface area contributed by atoms with Gasteiger partial charge in [0.25, 0.3) is 0 Å². The number of hydrogen-bond donors (Lipinski definition) is 2. The summed E-state index contributed by atoms with van der Waals surface area (Å²) in [6, 6.07) is 6.35. The molecule has 0 saturated carbocycles. The predicted octanol–water partition coefficient (Wildman–Crippen LogP) is 5.93. The van der Waals surface area contributed by atoms with Crippen molar-refractivity contribution in [3.05, 3.63) is 65.5 Å². The molecule has 0 aliphatic heterocycles. The summed E-state index contributed by atoms with van der Waals surface area (Å²) in [7, 11) is 0. The van der Waals surface area contributed by atoms with Crippen LogP contribution in [0.5, 0.6) is 0 Å². The molecule has 4 nitrogen and oxygen atoms in total. The average Bonchev–Trinajstić information content (AvgIpc) is 2.60. The fourth-order valence-corrected chi connectivity index (χ4v) is 3.37. The molecule has 0 aliphatic carbocycles. The van der Waals surface area contributed by atoms with Crippen molar-refractivity contribution >= 4 is 81.4 Å². The lowest BCUT2D eigenvalue weighted by molar-refractivity contribution is -0.129. The Morgan fingerprint density at radius 2 is 0.926 bits per heavy atom. The summed E-state index contributed by atoms with van der Waals surface area (Å²) >= 11 is 35.5. The molecule has 0 spiro atoms. The van der Waals surface area contributed by atoms with Crippen molar-refractivity contribution in [2.45, 2.75) is 19.5 Å². The largest absolute Gasteiger partial charge is 0.352 e. The number of amides is 2. The second-order valence-electron chi connectivity index (χ2n) is 5.48. The molecule has 10 heteroatoms. The van der Waals surface area contributed by atoms with E-state index in [-0.39, 0.29) is 49.6 Å². The molecule has 0 aliphatic rings. The molecule has 0 aromatic heterocycles. The highest BCUT2D eigenvalue weighted by Gasteiger charge is 2.12. The van der Waals surface area contributed by atoms with Crippen LogP contribution in [0.25, 0.3) is 0 Å². The number of hydrogen-bond acceptors (Lipinski definition) is 2. The van der Waals surface area contributed by atoms with Gasteiger partial charge in [0.05, 0.1) is 30.1 Å². The van der Waals surface area contributed by atoms with Gasteiger partial charge in [0, 0.05) is 13.1 Å². The minimum Gasteiger partial charge on any atom is -0.352 e. The van der Waals surface area contributed by atoms with E-state index in [0.29, 0.717) is 11.1 Å². The van der Waals surface area contributed by atoms with Crippen molar-refractivity contribution in [2.75, 3.05) is 0 Å². The van der Waals surface area contributed by atoms with Gasteiger partial charge >= 0.3 is 0 Å². The Bertz CT molecular complexity index is 770. The Kier molecular flexibility index (Phi) is 8.35. The summed E-state index contributed by atoms with van der Waals surface area (Å²) < 4.78 is 0. The van der Waals surface area contributed by atoms with Crippen molar-refractivity contribution in [1.82, 2.24) is 10.6 Å². The molecule has 27 heavy (non-hydrogen) atoms. The summed E-state index contributed by atoms with van der Waals surface area (Å²) in [4.78, 5) is 23.8. The zero-order chi connectivity index (χ0) is 20.1. The Morgan fingerprint density at radius 3 is 1.22 bits per heavy atom. The minimum absolute atomic E-state index is 0.158. The lowest BCUT2D eigenvalue weighted by Gasteiger charge is -2.09. The molecule has 0 unspecified atom stereocenters. The van der Waals surface area contributed by atoms with Gasteiger partial charge < -0.3 is 10.6 Å². The first-order valence-corrected chi connectivity index (χ1v) is 9.74. The first-order valence-electron chi connectivity index (χ1n) is 7.47. The van der Waals surface area contributed by atoms with Gasteiger partial charge in [-0.05, 0) is 35.4 Å². The molecule has 2 rings (SSSR count). The van der Waals surface area contributed by atoms with Crippen LogP contribution in [-0.4, -0.2) is 11.8 Å². The predicted molar refractivity (Wildman–Crippen MR) is 111 cm³/mol. The van der Waals surface area contributed by atoms with Crippen LogP contribution in [0.2, 0.25) is 30.1 Å². The van der Waals surface area contributed by atoms with Gasteiger partial charge in [-0.15, -0.1) is 0 Å². The smallest absolute Gasteiger partial charge is 0.229 e. The van der Waals surface area contributed by atoms with E-state index in [1.807, 2.05) is 0 Å². The van der Waals surface area contributed by atoms with E-state index in [2.05, 4.69) is 10.6 Å². The molecule has 2 aromatic carbocycles. The summed E-state index contributed by atoms with van der Waals surface area (Å²) in [5, 5.41) is 6.84. The SMILES string of the molecule is O=C(CC(=O)NCc1cc(Cl)c(Cl)c(Cl)c1)NCc1cc(Cl)c(Cl)c(Cl)c1. The molecule has 2 aromatic rings. The first kappa shape index (κ1) is 22.4. The zero-order valence-electron chi connectivity index (χ0n) is 13.5. The van der Waals surface area contributed by atoms with E-state index < -0.39 is 11.8 Å². The van der Waals surface area contributed by atoms with Crippen LogP contribution < -0.4 is 10.6 Å². The maximum Gasteiger partial charge on any atom is 0.229 e. The number of nitrogens with one attached hydrogen (secondary N) is 2. The van der Waals surface area contributed by atoms with E-state index in [1.54, 1.807) is 24.3 Å². The van der Waals surface area contributed by atoms with Crippen molar-refractivity contribution in [1.29, 1.82) is 0 Å². The second kappa shape index (κ2) is 10.1. The van der Waals surface area contributed by atoms with Gasteiger partial charge in [-0.1, -0.05) is 69.6 Å². The fourth-order valence-electron chi connectivity index (χ4n) is 2.09. The fraction of sp³-hybridized carbons (Fsp3) is 0.176. The highest BCUT2D eigenvalue weighted by Crippen LogP contribution is 2.32. The second-order valence-corrected chi connectivity index (χ2v) is 7.86. The van der Waals surface area contributed by atoms with Crippen LogP contribution in [0.4, 0.5) is 0 Å². The van der Waals surface area contributed by atoms with Crippen LogP contribution in [0.3, 0.4) is 0 Å². The molecule has 2 N–H and O–H groups in total. The highest BCUT2D eigenvalue weighted by atomic mass is 35.5. The first-order chi connectivity index (χ1) is 12.7. The van der Waals surface area contributed by atoms with Crippen LogP contribution in [-0.2, 0) is 22.7 Å². The topological polar surface area (TPSA) is 58.2 Å². The Balaban J connectivity index is 1.83. The van der Waals surface area contributed by atoms with Gasteiger partial charge in [0.2, 0.25) is 11.8 Å². The number of halogens is 6. The van der Waals surface area contributed by atoms with Gasteiger partial charge in [-0.2, -0.15) is 0 Å². The summed E-state index contributed by atoms with van der Waals surface area (Å²) in [6.07, 6.45) is -0.343. The standard InChI is InChI=1S/C17H12Cl6N2O2/c18-10-1-8(2-11(19)16(10)22)6-24-14(26)5-15(27)25-7-9-3-12(20)17(23)13(21)4-9/h1-4H,5-7H2,(H,24,26)(H,25,27). The summed E-state index contributed by atoms with van der Waals surface area (Å²) in [5.41, 5.74) is 1.32. The minimum atomic E-state index is -0.457. The van der Waals surface area contributed by atoms with Gasteiger partial charge in [-0.3, -0.25) is 9.59 Å². The Morgan fingerprint density at radius 1 is 0.630 bits per heavy atom. The molecule has 0 atom stereocenters. The van der Waals surface area contributed by atoms with Crippen molar-refractivity contribution in [3.8, 4) is 0 Å².